The molecule has 1 aromatic carbocycles. The number of benzene rings is 1. The molecule has 2 aliphatic rings. The van der Waals surface area contributed by atoms with Crippen LogP contribution in [-0.2, 0) is 9.59 Å². The Morgan fingerprint density at radius 1 is 1.20 bits per heavy atom. The molecule has 4 amide bonds. The first-order valence-corrected chi connectivity index (χ1v) is 10.7. The molecule has 0 spiro atoms. The number of hydrogen-bond acceptors (Lipinski definition) is 4. The number of urea groups is 1. The van der Waals surface area contributed by atoms with Crippen molar-refractivity contribution >= 4 is 24.0 Å². The maximum Gasteiger partial charge on any atom is 0.340 e. The van der Waals surface area contributed by atoms with Crippen molar-refractivity contribution in [2.75, 3.05) is 39.1 Å². The van der Waals surface area contributed by atoms with E-state index < -0.39 is 0 Å². The Morgan fingerprint density at radius 2 is 1.90 bits per heavy atom. The van der Waals surface area contributed by atoms with E-state index in [9.17, 15) is 14.4 Å². The molecule has 164 valence electrons. The molecule has 3 rings (SSSR count). The molecule has 2 fully saturated rings. The number of hydrazine groups is 1. The van der Waals surface area contributed by atoms with Gasteiger partial charge in [0.1, 0.15) is 5.75 Å². The zero-order chi connectivity index (χ0) is 21.5. The van der Waals surface area contributed by atoms with Crippen molar-refractivity contribution in [3.63, 3.8) is 0 Å². The van der Waals surface area contributed by atoms with Gasteiger partial charge in [0.2, 0.25) is 12.3 Å². The van der Waals surface area contributed by atoms with E-state index in [-0.39, 0.29) is 17.9 Å². The molecule has 0 aromatic heterocycles. The molecule has 30 heavy (non-hydrogen) atoms. The minimum absolute atomic E-state index is 0.0803. The molecular weight excluding hydrogens is 384 g/mol. The number of ether oxygens (including phenoxy) is 1. The SMILES string of the molecule is COc1ccccc1NC(=O)N1CCCN1C(=O)[C@H](CC1CCCC1)CN(C)C=O. The van der Waals surface area contributed by atoms with E-state index in [4.69, 9.17) is 4.74 Å². The maximum atomic E-state index is 13.4. The Kier molecular flexibility index (Phi) is 7.54. The molecule has 1 saturated carbocycles. The van der Waals surface area contributed by atoms with Gasteiger partial charge in [-0.3, -0.25) is 9.59 Å². The number of anilines is 1. The lowest BCUT2D eigenvalue weighted by Gasteiger charge is -2.33. The molecule has 0 unspecified atom stereocenters. The van der Waals surface area contributed by atoms with E-state index in [1.54, 1.807) is 31.3 Å². The highest BCUT2D eigenvalue weighted by Gasteiger charge is 2.36. The Labute approximate surface area is 178 Å². The van der Waals surface area contributed by atoms with Crippen molar-refractivity contribution in [1.29, 1.82) is 0 Å². The Balaban J connectivity index is 1.71. The second kappa shape index (κ2) is 10.3. The van der Waals surface area contributed by atoms with Gasteiger partial charge in [-0.15, -0.1) is 0 Å². The molecule has 8 nitrogen and oxygen atoms in total. The highest BCUT2D eigenvalue weighted by molar-refractivity contribution is 5.93. The smallest absolute Gasteiger partial charge is 0.340 e. The first-order valence-electron chi connectivity index (χ1n) is 10.7. The summed E-state index contributed by atoms with van der Waals surface area (Å²) in [5, 5.41) is 5.90. The molecule has 1 aliphatic carbocycles. The highest BCUT2D eigenvalue weighted by atomic mass is 16.5. The van der Waals surface area contributed by atoms with E-state index in [1.165, 1.54) is 22.8 Å². The molecule has 1 N–H and O–H groups in total. The van der Waals surface area contributed by atoms with Gasteiger partial charge in [-0.05, 0) is 30.9 Å². The molecule has 8 heteroatoms. The zero-order valence-electron chi connectivity index (χ0n) is 17.9. The zero-order valence-corrected chi connectivity index (χ0v) is 17.9. The summed E-state index contributed by atoms with van der Waals surface area (Å²) in [4.78, 5) is 39.0. The largest absolute Gasteiger partial charge is 0.495 e. The third kappa shape index (κ3) is 5.23. The van der Waals surface area contributed by atoms with Crippen LogP contribution in [0.1, 0.15) is 38.5 Å². The van der Waals surface area contributed by atoms with E-state index in [2.05, 4.69) is 5.32 Å². The summed E-state index contributed by atoms with van der Waals surface area (Å²) in [6.45, 7) is 1.35. The predicted molar refractivity (Wildman–Crippen MR) is 114 cm³/mol. The predicted octanol–water partition coefficient (Wildman–Crippen LogP) is 2.96. The van der Waals surface area contributed by atoms with Crippen LogP contribution < -0.4 is 10.1 Å². The minimum atomic E-state index is -0.353. The number of hydrogen-bond donors (Lipinski definition) is 1. The summed E-state index contributed by atoms with van der Waals surface area (Å²) < 4.78 is 5.30. The summed E-state index contributed by atoms with van der Waals surface area (Å²) in [6.07, 6.45) is 6.91. The molecule has 0 bridgehead atoms. The van der Waals surface area contributed by atoms with Gasteiger partial charge < -0.3 is 15.0 Å². The summed E-state index contributed by atoms with van der Waals surface area (Å²) in [6, 6.07) is 6.83. The van der Waals surface area contributed by atoms with Crippen LogP contribution in [0.5, 0.6) is 5.75 Å². The van der Waals surface area contributed by atoms with E-state index >= 15 is 0 Å². The van der Waals surface area contributed by atoms with E-state index in [0.29, 0.717) is 37.0 Å². The topological polar surface area (TPSA) is 82.2 Å². The fraction of sp³-hybridized carbons (Fsp3) is 0.591. The quantitative estimate of drug-likeness (QED) is 0.661. The van der Waals surface area contributed by atoms with E-state index in [0.717, 1.165) is 32.1 Å². The summed E-state index contributed by atoms with van der Waals surface area (Å²) in [5.41, 5.74) is 0.562. The fourth-order valence-corrected chi connectivity index (χ4v) is 4.48. The van der Waals surface area contributed by atoms with Crippen molar-refractivity contribution in [3.8, 4) is 5.75 Å². The number of nitrogens with zero attached hydrogens (tertiary/aromatic N) is 3. The van der Waals surface area contributed by atoms with Gasteiger partial charge in [-0.1, -0.05) is 37.8 Å². The fourth-order valence-electron chi connectivity index (χ4n) is 4.48. The molecule has 1 aromatic rings. The molecule has 1 aliphatic heterocycles. The normalized spacial score (nSPS) is 17.7. The Hall–Kier alpha value is -2.77. The Bertz CT molecular complexity index is 750. The molecular formula is C22H32N4O4. The number of amides is 4. The number of para-hydroxylation sites is 2. The number of carbonyl (C=O) groups is 3. The van der Waals surface area contributed by atoms with Gasteiger partial charge in [0.05, 0.1) is 18.7 Å². The van der Waals surface area contributed by atoms with Crippen molar-refractivity contribution in [3.05, 3.63) is 24.3 Å². The lowest BCUT2D eigenvalue weighted by atomic mass is 9.92. The van der Waals surface area contributed by atoms with Crippen LogP contribution in [-0.4, -0.2) is 67.1 Å². The van der Waals surface area contributed by atoms with Gasteiger partial charge in [0.15, 0.2) is 0 Å². The molecule has 1 atom stereocenters. The van der Waals surface area contributed by atoms with Gasteiger partial charge in [0.25, 0.3) is 0 Å². The van der Waals surface area contributed by atoms with Crippen LogP contribution in [0, 0.1) is 11.8 Å². The number of methoxy groups -OCH3 is 1. The monoisotopic (exact) mass is 416 g/mol. The van der Waals surface area contributed by atoms with Crippen molar-refractivity contribution in [1.82, 2.24) is 14.9 Å². The highest BCUT2D eigenvalue weighted by Crippen LogP contribution is 2.32. The lowest BCUT2D eigenvalue weighted by Crippen LogP contribution is -2.50. The first-order chi connectivity index (χ1) is 14.5. The number of rotatable bonds is 8. The third-order valence-electron chi connectivity index (χ3n) is 6.00. The van der Waals surface area contributed by atoms with Crippen LogP contribution in [0.25, 0.3) is 0 Å². The average molecular weight is 417 g/mol. The van der Waals surface area contributed by atoms with E-state index in [1.807, 2.05) is 12.1 Å². The average Bonchev–Trinajstić information content (AvgIpc) is 3.45. The van der Waals surface area contributed by atoms with Crippen LogP contribution in [0.15, 0.2) is 24.3 Å². The van der Waals surface area contributed by atoms with Gasteiger partial charge in [-0.2, -0.15) is 0 Å². The maximum absolute atomic E-state index is 13.4. The van der Waals surface area contributed by atoms with Crippen LogP contribution in [0.3, 0.4) is 0 Å². The first kappa shape index (κ1) is 21.9. The van der Waals surface area contributed by atoms with Crippen LogP contribution in [0.2, 0.25) is 0 Å². The Morgan fingerprint density at radius 3 is 2.60 bits per heavy atom. The number of carbonyl (C=O) groups excluding carboxylic acids is 3. The summed E-state index contributed by atoms with van der Waals surface area (Å²) in [7, 11) is 3.24. The van der Waals surface area contributed by atoms with Gasteiger partial charge in [0, 0.05) is 26.7 Å². The van der Waals surface area contributed by atoms with Gasteiger partial charge in [-0.25, -0.2) is 14.8 Å². The van der Waals surface area contributed by atoms with Gasteiger partial charge >= 0.3 is 6.03 Å². The summed E-state index contributed by atoms with van der Waals surface area (Å²) in [5.74, 6) is 0.693. The van der Waals surface area contributed by atoms with Crippen molar-refractivity contribution in [2.24, 2.45) is 11.8 Å². The second-order valence-electron chi connectivity index (χ2n) is 8.20. The minimum Gasteiger partial charge on any atom is -0.495 e. The standard InChI is InChI=1S/C22H32N4O4/c1-24(16-27)15-18(14-17-8-3-4-9-17)21(28)25-12-7-13-26(25)22(29)23-19-10-5-6-11-20(19)30-2/h5-6,10-11,16-18H,3-4,7-9,12-15H2,1-2H3,(H,23,29)/t18-/m1/s1. The molecule has 1 heterocycles. The van der Waals surface area contributed by atoms with Crippen molar-refractivity contribution < 1.29 is 19.1 Å². The van der Waals surface area contributed by atoms with Crippen LogP contribution >= 0.6 is 0 Å². The number of nitrogens with one attached hydrogen (secondary N) is 1. The second-order valence-corrected chi connectivity index (χ2v) is 8.20. The van der Waals surface area contributed by atoms with Crippen LogP contribution in [0.4, 0.5) is 10.5 Å². The lowest BCUT2D eigenvalue weighted by molar-refractivity contribution is -0.146. The summed E-state index contributed by atoms with van der Waals surface area (Å²) >= 11 is 0. The third-order valence-corrected chi connectivity index (χ3v) is 6.00. The molecule has 0 radical (unpaired) electrons. The van der Waals surface area contributed by atoms with Crippen molar-refractivity contribution in [2.45, 2.75) is 38.5 Å². The molecule has 1 saturated heterocycles.